The third kappa shape index (κ3) is 4.10. The van der Waals surface area contributed by atoms with Crippen LogP contribution in [-0.2, 0) is 5.75 Å². The second-order valence-corrected chi connectivity index (χ2v) is 8.25. The van der Waals surface area contributed by atoms with Gasteiger partial charge in [0, 0.05) is 16.6 Å². The van der Waals surface area contributed by atoms with E-state index in [1.54, 1.807) is 18.4 Å². The van der Waals surface area contributed by atoms with E-state index in [4.69, 9.17) is 9.26 Å². The highest BCUT2D eigenvalue weighted by Gasteiger charge is 2.18. The lowest BCUT2D eigenvalue weighted by Crippen LogP contribution is -2.00. The smallest absolute Gasteiger partial charge is 0.258 e. The zero-order valence-electron chi connectivity index (χ0n) is 16.5. The number of aromatic nitrogens is 5. The van der Waals surface area contributed by atoms with Gasteiger partial charge in [0.15, 0.2) is 16.8 Å². The minimum Gasteiger partial charge on any atom is -0.497 e. The molecule has 0 unspecified atom stereocenters. The maximum absolute atomic E-state index is 5.39. The Bertz CT molecular complexity index is 1280. The molecule has 0 spiro atoms. The highest BCUT2D eigenvalue weighted by atomic mass is 32.2. The average Bonchev–Trinajstić information content (AvgIpc) is 3.59. The summed E-state index contributed by atoms with van der Waals surface area (Å²) in [6.07, 6.45) is 0. The van der Waals surface area contributed by atoms with E-state index < -0.39 is 0 Å². The Kier molecular flexibility index (Phi) is 5.51. The third-order valence-corrected chi connectivity index (χ3v) is 6.15. The van der Waals surface area contributed by atoms with Gasteiger partial charge in [0.1, 0.15) is 5.75 Å². The molecule has 5 rings (SSSR count). The van der Waals surface area contributed by atoms with E-state index in [1.807, 2.05) is 76.0 Å². The number of thioether (sulfide) groups is 1. The number of methoxy groups -OCH3 is 1. The first-order valence-corrected chi connectivity index (χ1v) is 11.4. The quantitative estimate of drug-likeness (QED) is 0.311. The lowest BCUT2D eigenvalue weighted by Gasteiger charge is -2.10. The molecule has 0 saturated carbocycles. The molecule has 0 aliphatic carbocycles. The van der Waals surface area contributed by atoms with Crippen LogP contribution >= 0.6 is 23.1 Å². The summed E-state index contributed by atoms with van der Waals surface area (Å²) < 4.78 is 12.8. The first-order chi connectivity index (χ1) is 15.3. The number of benzene rings is 2. The molecule has 0 atom stereocenters. The van der Waals surface area contributed by atoms with Crippen molar-refractivity contribution in [1.29, 1.82) is 0 Å². The zero-order valence-corrected chi connectivity index (χ0v) is 18.1. The molecule has 2 aromatic carbocycles. The number of hydrogen-bond donors (Lipinski definition) is 0. The number of thiophene rings is 1. The normalized spacial score (nSPS) is 11.0. The van der Waals surface area contributed by atoms with Crippen molar-refractivity contribution in [2.45, 2.75) is 10.9 Å². The SMILES string of the molecule is COc1cccc(-c2nnc(SCc3noc(-c4ccsc4)n3)n2-c2ccccc2)c1. The van der Waals surface area contributed by atoms with E-state index >= 15 is 0 Å². The summed E-state index contributed by atoms with van der Waals surface area (Å²) in [5.74, 6) is 3.15. The van der Waals surface area contributed by atoms with E-state index in [1.165, 1.54) is 11.8 Å². The fraction of sp³-hybridized carbons (Fsp3) is 0.0909. The highest BCUT2D eigenvalue weighted by molar-refractivity contribution is 7.98. The highest BCUT2D eigenvalue weighted by Crippen LogP contribution is 2.31. The first kappa shape index (κ1) is 19.5. The van der Waals surface area contributed by atoms with E-state index in [-0.39, 0.29) is 0 Å². The third-order valence-electron chi connectivity index (χ3n) is 4.54. The average molecular weight is 448 g/mol. The molecule has 0 aliphatic rings. The number of nitrogens with zero attached hydrogens (tertiary/aromatic N) is 5. The van der Waals surface area contributed by atoms with Crippen molar-refractivity contribution in [3.8, 4) is 34.3 Å². The topological polar surface area (TPSA) is 78.9 Å². The molecule has 0 fully saturated rings. The molecule has 0 bridgehead atoms. The van der Waals surface area contributed by atoms with Crippen LogP contribution in [0.4, 0.5) is 0 Å². The van der Waals surface area contributed by atoms with Gasteiger partial charge in [-0.3, -0.25) is 4.57 Å². The summed E-state index contributed by atoms with van der Waals surface area (Å²) in [7, 11) is 1.65. The van der Waals surface area contributed by atoms with Crippen LogP contribution in [0.1, 0.15) is 5.82 Å². The number of rotatable bonds is 7. The summed E-state index contributed by atoms with van der Waals surface area (Å²) in [5, 5.41) is 17.7. The summed E-state index contributed by atoms with van der Waals surface area (Å²) >= 11 is 3.10. The van der Waals surface area contributed by atoms with Crippen molar-refractivity contribution in [1.82, 2.24) is 24.9 Å². The van der Waals surface area contributed by atoms with Crippen LogP contribution in [0, 0.1) is 0 Å². The standard InChI is InChI=1S/C22H17N5O2S2/c1-28-18-9-5-6-15(12-18)20-24-25-22(27(20)17-7-3-2-4-8-17)31-14-19-23-21(29-26-19)16-10-11-30-13-16/h2-13H,14H2,1H3. The van der Waals surface area contributed by atoms with Gasteiger partial charge < -0.3 is 9.26 Å². The molecule has 5 aromatic rings. The van der Waals surface area contributed by atoms with Gasteiger partial charge in [-0.05, 0) is 35.7 Å². The van der Waals surface area contributed by atoms with Crippen LogP contribution in [0.5, 0.6) is 5.75 Å². The van der Waals surface area contributed by atoms with Crippen LogP contribution in [-0.4, -0.2) is 32.0 Å². The fourth-order valence-electron chi connectivity index (χ4n) is 3.07. The van der Waals surface area contributed by atoms with Gasteiger partial charge in [0.05, 0.1) is 18.4 Å². The van der Waals surface area contributed by atoms with Gasteiger partial charge in [-0.2, -0.15) is 16.3 Å². The number of hydrogen-bond acceptors (Lipinski definition) is 8. The minimum absolute atomic E-state index is 0.511. The van der Waals surface area contributed by atoms with Crippen LogP contribution in [0.25, 0.3) is 28.5 Å². The molecule has 31 heavy (non-hydrogen) atoms. The maximum Gasteiger partial charge on any atom is 0.258 e. The Morgan fingerprint density at radius 2 is 1.94 bits per heavy atom. The van der Waals surface area contributed by atoms with Crippen LogP contribution < -0.4 is 4.74 Å². The second-order valence-electron chi connectivity index (χ2n) is 6.53. The predicted molar refractivity (Wildman–Crippen MR) is 121 cm³/mol. The Balaban J connectivity index is 1.47. The fourth-order valence-corrected chi connectivity index (χ4v) is 4.49. The van der Waals surface area contributed by atoms with Gasteiger partial charge in [-0.25, -0.2) is 0 Å². The lowest BCUT2D eigenvalue weighted by molar-refractivity contribution is 0.415. The molecule has 9 heteroatoms. The molecule has 3 aromatic heterocycles. The molecule has 0 N–H and O–H groups in total. The lowest BCUT2D eigenvalue weighted by atomic mass is 10.2. The molecular weight excluding hydrogens is 430 g/mol. The van der Waals surface area contributed by atoms with Crippen molar-refractivity contribution >= 4 is 23.1 Å². The van der Waals surface area contributed by atoms with E-state index in [9.17, 15) is 0 Å². The Hall–Kier alpha value is -3.43. The number of ether oxygens (including phenoxy) is 1. The van der Waals surface area contributed by atoms with E-state index in [2.05, 4.69) is 20.3 Å². The van der Waals surface area contributed by atoms with Crippen molar-refractivity contribution in [3.05, 3.63) is 77.2 Å². The monoisotopic (exact) mass is 447 g/mol. The van der Waals surface area contributed by atoms with Crippen LogP contribution in [0.15, 0.2) is 81.1 Å². The van der Waals surface area contributed by atoms with Gasteiger partial charge in [0.25, 0.3) is 5.89 Å². The number of para-hydroxylation sites is 1. The largest absolute Gasteiger partial charge is 0.497 e. The molecular formula is C22H17N5O2S2. The van der Waals surface area contributed by atoms with E-state index in [0.717, 1.165) is 33.5 Å². The first-order valence-electron chi connectivity index (χ1n) is 9.45. The van der Waals surface area contributed by atoms with E-state index in [0.29, 0.717) is 17.5 Å². The van der Waals surface area contributed by atoms with Gasteiger partial charge in [-0.15, -0.1) is 10.2 Å². The zero-order chi connectivity index (χ0) is 21.0. The molecule has 0 amide bonds. The van der Waals surface area contributed by atoms with Crippen molar-refractivity contribution < 1.29 is 9.26 Å². The van der Waals surface area contributed by atoms with Gasteiger partial charge in [0.2, 0.25) is 0 Å². The molecule has 7 nitrogen and oxygen atoms in total. The molecule has 3 heterocycles. The van der Waals surface area contributed by atoms with Crippen molar-refractivity contribution in [2.24, 2.45) is 0 Å². The van der Waals surface area contributed by atoms with Crippen LogP contribution in [0.3, 0.4) is 0 Å². The Labute approximate surface area is 186 Å². The predicted octanol–water partition coefficient (Wildman–Crippen LogP) is 5.35. The molecule has 0 aliphatic heterocycles. The Morgan fingerprint density at radius 1 is 1.03 bits per heavy atom. The summed E-state index contributed by atoms with van der Waals surface area (Å²) in [5.41, 5.74) is 2.82. The molecule has 0 radical (unpaired) electrons. The van der Waals surface area contributed by atoms with Gasteiger partial charge in [-0.1, -0.05) is 47.3 Å². The maximum atomic E-state index is 5.39. The van der Waals surface area contributed by atoms with Crippen molar-refractivity contribution in [3.63, 3.8) is 0 Å². The summed E-state index contributed by atoms with van der Waals surface area (Å²) in [4.78, 5) is 4.49. The Morgan fingerprint density at radius 3 is 2.74 bits per heavy atom. The summed E-state index contributed by atoms with van der Waals surface area (Å²) in [6.45, 7) is 0. The van der Waals surface area contributed by atoms with Crippen LogP contribution in [0.2, 0.25) is 0 Å². The minimum atomic E-state index is 0.511. The molecule has 154 valence electrons. The summed E-state index contributed by atoms with van der Waals surface area (Å²) in [6, 6.07) is 19.8. The molecule has 0 saturated heterocycles. The van der Waals surface area contributed by atoms with Crippen molar-refractivity contribution in [2.75, 3.05) is 7.11 Å². The second kappa shape index (κ2) is 8.75. The van der Waals surface area contributed by atoms with Gasteiger partial charge >= 0.3 is 0 Å².